The summed E-state index contributed by atoms with van der Waals surface area (Å²) in [7, 11) is -3.69. The SMILES string of the molecule is CCOP(=O)(OCC)[C@@H](CO)OC[C@H]1O[C@@H](n2ncc3cnc(Cl)nc32)[C@@H]2OC(C)(C)O[C@@H]21. The number of rotatable bonds is 10. The van der Waals surface area contributed by atoms with E-state index >= 15 is 0 Å². The average Bonchev–Trinajstić information content (AvgIpc) is 3.39. The maximum absolute atomic E-state index is 13.0. The zero-order valence-electron chi connectivity index (χ0n) is 18.8. The van der Waals surface area contributed by atoms with Gasteiger partial charge in [-0.15, -0.1) is 0 Å². The zero-order chi connectivity index (χ0) is 23.8. The molecule has 33 heavy (non-hydrogen) atoms. The van der Waals surface area contributed by atoms with Gasteiger partial charge in [-0.3, -0.25) is 4.57 Å². The molecule has 4 heterocycles. The van der Waals surface area contributed by atoms with Crippen molar-refractivity contribution in [2.75, 3.05) is 26.4 Å². The fourth-order valence-electron chi connectivity index (χ4n) is 4.00. The van der Waals surface area contributed by atoms with Gasteiger partial charge in [0, 0.05) is 6.20 Å². The van der Waals surface area contributed by atoms with E-state index in [1.165, 1.54) is 0 Å². The van der Waals surface area contributed by atoms with Crippen molar-refractivity contribution >= 4 is 30.2 Å². The summed E-state index contributed by atoms with van der Waals surface area (Å²) in [5.74, 6) is -2.04. The van der Waals surface area contributed by atoms with E-state index in [0.29, 0.717) is 11.0 Å². The highest BCUT2D eigenvalue weighted by Gasteiger charge is 2.57. The van der Waals surface area contributed by atoms with Gasteiger partial charge in [-0.05, 0) is 39.3 Å². The molecule has 14 heteroatoms. The Morgan fingerprint density at radius 3 is 2.61 bits per heavy atom. The summed E-state index contributed by atoms with van der Waals surface area (Å²) in [6.07, 6.45) is 0.832. The number of nitrogens with zero attached hydrogens (tertiary/aromatic N) is 4. The smallest absolute Gasteiger partial charge is 0.361 e. The molecule has 2 fully saturated rings. The van der Waals surface area contributed by atoms with Crippen LogP contribution in [0.1, 0.15) is 33.9 Å². The number of ether oxygens (including phenoxy) is 4. The van der Waals surface area contributed by atoms with E-state index in [-0.39, 0.29) is 25.1 Å². The number of aliphatic hydroxyl groups excluding tert-OH is 1. The molecule has 12 nitrogen and oxygen atoms in total. The molecule has 2 saturated heterocycles. The Labute approximate surface area is 195 Å². The zero-order valence-corrected chi connectivity index (χ0v) is 20.4. The van der Waals surface area contributed by atoms with Crippen LogP contribution in [0.3, 0.4) is 0 Å². The van der Waals surface area contributed by atoms with Gasteiger partial charge >= 0.3 is 7.60 Å². The maximum atomic E-state index is 13.0. The van der Waals surface area contributed by atoms with Crippen LogP contribution in [0.25, 0.3) is 11.0 Å². The molecule has 2 aromatic heterocycles. The van der Waals surface area contributed by atoms with E-state index in [9.17, 15) is 9.67 Å². The minimum absolute atomic E-state index is 0.0542. The lowest BCUT2D eigenvalue weighted by Gasteiger charge is -2.27. The summed E-state index contributed by atoms with van der Waals surface area (Å²) in [4.78, 5) is 8.23. The minimum atomic E-state index is -3.69. The Bertz CT molecular complexity index is 1010. The standard InChI is InChI=1S/C19H28ClN4O8P/c1-5-28-33(26,29-6-2)13(9-25)27-10-12-14-15(32-19(3,4)31-14)17(30-12)24-16-11(8-22-24)7-21-18(20)23-16/h7-8,12-15,17,25H,5-6,9-10H2,1-4H3/t12-,13+,14-,15-,17-/m1/s1. The fraction of sp³-hybridized carbons (Fsp3) is 0.737. The van der Waals surface area contributed by atoms with E-state index in [0.717, 1.165) is 0 Å². The van der Waals surface area contributed by atoms with Crippen molar-refractivity contribution in [1.82, 2.24) is 19.7 Å². The molecule has 1 N–H and O–H groups in total. The quantitative estimate of drug-likeness (QED) is 0.376. The third-order valence-corrected chi connectivity index (χ3v) is 7.69. The second-order valence-corrected chi connectivity index (χ2v) is 10.5. The van der Waals surface area contributed by atoms with Crippen molar-refractivity contribution in [2.45, 2.75) is 63.9 Å². The lowest BCUT2D eigenvalue weighted by molar-refractivity contribution is -0.204. The minimum Gasteiger partial charge on any atom is -0.393 e. The molecule has 5 atom stereocenters. The van der Waals surface area contributed by atoms with Crippen LogP contribution in [-0.2, 0) is 32.6 Å². The lowest BCUT2D eigenvalue weighted by atomic mass is 10.1. The molecule has 2 aromatic rings. The van der Waals surface area contributed by atoms with Gasteiger partial charge in [-0.2, -0.15) is 10.1 Å². The van der Waals surface area contributed by atoms with Crippen LogP contribution in [0, 0.1) is 0 Å². The van der Waals surface area contributed by atoms with Gasteiger partial charge in [0.1, 0.15) is 18.3 Å². The molecule has 0 aliphatic carbocycles. The second-order valence-electron chi connectivity index (χ2n) is 7.98. The summed E-state index contributed by atoms with van der Waals surface area (Å²) in [6.45, 7) is 6.66. The van der Waals surface area contributed by atoms with Gasteiger partial charge in [-0.25, -0.2) is 9.67 Å². The summed E-state index contributed by atoms with van der Waals surface area (Å²) in [5.41, 5.74) is 0.485. The van der Waals surface area contributed by atoms with Gasteiger partial charge in [0.2, 0.25) is 5.28 Å². The van der Waals surface area contributed by atoms with Crippen LogP contribution in [0.2, 0.25) is 5.28 Å². The van der Waals surface area contributed by atoms with Crippen LogP contribution < -0.4 is 0 Å². The first-order valence-electron chi connectivity index (χ1n) is 10.7. The van der Waals surface area contributed by atoms with Gasteiger partial charge in [-0.1, -0.05) is 0 Å². The highest BCUT2D eigenvalue weighted by Crippen LogP contribution is 2.53. The highest BCUT2D eigenvalue weighted by molar-refractivity contribution is 7.54. The lowest BCUT2D eigenvalue weighted by Crippen LogP contribution is -2.35. The molecular weight excluding hydrogens is 479 g/mol. The molecule has 0 unspecified atom stereocenters. The Hall–Kier alpha value is -1.21. The van der Waals surface area contributed by atoms with E-state index in [1.807, 2.05) is 0 Å². The van der Waals surface area contributed by atoms with E-state index in [1.54, 1.807) is 44.8 Å². The van der Waals surface area contributed by atoms with Crippen LogP contribution >= 0.6 is 19.2 Å². The Balaban J connectivity index is 1.56. The first kappa shape index (κ1) is 24.9. The Morgan fingerprint density at radius 1 is 1.24 bits per heavy atom. The predicted molar refractivity (Wildman–Crippen MR) is 116 cm³/mol. The number of halogens is 1. The van der Waals surface area contributed by atoms with Crippen LogP contribution in [0.15, 0.2) is 12.4 Å². The van der Waals surface area contributed by atoms with Gasteiger partial charge in [0.05, 0.1) is 38.0 Å². The molecule has 2 aliphatic heterocycles. The molecule has 0 radical (unpaired) electrons. The topological polar surface area (TPSA) is 136 Å². The van der Waals surface area contributed by atoms with Crippen LogP contribution in [0.5, 0.6) is 0 Å². The van der Waals surface area contributed by atoms with Crippen molar-refractivity contribution in [3.8, 4) is 0 Å². The molecular formula is C19H28ClN4O8P. The number of hydrogen-bond acceptors (Lipinski definition) is 11. The van der Waals surface area contributed by atoms with Crippen molar-refractivity contribution in [3.63, 3.8) is 0 Å². The van der Waals surface area contributed by atoms with Crippen LogP contribution in [0.4, 0.5) is 0 Å². The number of aromatic nitrogens is 4. The molecule has 184 valence electrons. The van der Waals surface area contributed by atoms with Crippen molar-refractivity contribution in [2.24, 2.45) is 0 Å². The average molecular weight is 507 g/mol. The molecule has 0 spiro atoms. The molecule has 0 saturated carbocycles. The molecule has 0 aromatic carbocycles. The highest BCUT2D eigenvalue weighted by atomic mass is 35.5. The summed E-state index contributed by atoms with van der Waals surface area (Å²) < 4.78 is 49.4. The van der Waals surface area contributed by atoms with Crippen molar-refractivity contribution in [1.29, 1.82) is 0 Å². The van der Waals surface area contributed by atoms with Crippen molar-refractivity contribution in [3.05, 3.63) is 17.7 Å². The number of fused-ring (bicyclic) bond motifs is 2. The Kier molecular flexibility index (Phi) is 7.40. The first-order chi connectivity index (χ1) is 15.7. The maximum Gasteiger partial charge on any atom is 0.361 e. The van der Waals surface area contributed by atoms with E-state index in [2.05, 4.69) is 15.1 Å². The monoisotopic (exact) mass is 506 g/mol. The fourth-order valence-corrected chi connectivity index (χ4v) is 5.73. The van der Waals surface area contributed by atoms with E-state index < -0.39 is 50.4 Å². The van der Waals surface area contributed by atoms with Gasteiger partial charge < -0.3 is 33.1 Å². The molecule has 4 rings (SSSR count). The molecule has 0 amide bonds. The second kappa shape index (κ2) is 9.80. The van der Waals surface area contributed by atoms with Gasteiger partial charge in [0.15, 0.2) is 23.5 Å². The first-order valence-corrected chi connectivity index (χ1v) is 12.7. The third kappa shape index (κ3) is 4.95. The van der Waals surface area contributed by atoms with Crippen molar-refractivity contribution < 1.29 is 37.7 Å². The summed E-state index contributed by atoms with van der Waals surface area (Å²) >= 11 is 5.98. The molecule has 2 aliphatic rings. The third-order valence-electron chi connectivity index (χ3n) is 5.25. The summed E-state index contributed by atoms with van der Waals surface area (Å²) in [5, 5.41) is 15.0. The normalized spacial score (nSPS) is 27.8. The predicted octanol–water partition coefficient (Wildman–Crippen LogP) is 2.50. The summed E-state index contributed by atoms with van der Waals surface area (Å²) in [6, 6.07) is 0. The van der Waals surface area contributed by atoms with Gasteiger partial charge in [0.25, 0.3) is 0 Å². The molecule has 0 bridgehead atoms. The Morgan fingerprint density at radius 2 is 1.94 bits per heavy atom. The van der Waals surface area contributed by atoms with E-state index in [4.69, 9.17) is 39.6 Å². The number of aliphatic hydroxyl groups is 1. The van der Waals surface area contributed by atoms with Crippen LogP contribution in [-0.4, -0.2) is 81.2 Å². The number of hydrogen-bond donors (Lipinski definition) is 1. The largest absolute Gasteiger partial charge is 0.393 e.